The minimum absolute atomic E-state index is 0.0807. The van der Waals surface area contributed by atoms with Crippen molar-refractivity contribution in [3.63, 3.8) is 0 Å². The molecule has 2 aromatic carbocycles. The molecule has 1 aliphatic rings. The molecular formula is C32H32N8O2. The van der Waals surface area contributed by atoms with E-state index in [1.54, 1.807) is 23.0 Å². The van der Waals surface area contributed by atoms with E-state index in [2.05, 4.69) is 44.1 Å². The third-order valence-corrected chi connectivity index (χ3v) is 7.65. The fourth-order valence-electron chi connectivity index (χ4n) is 5.37. The van der Waals surface area contributed by atoms with Crippen LogP contribution in [0.5, 0.6) is 0 Å². The summed E-state index contributed by atoms with van der Waals surface area (Å²) >= 11 is 0. The molecule has 0 aliphatic carbocycles. The predicted octanol–water partition coefficient (Wildman–Crippen LogP) is 2.71. The average Bonchev–Trinajstić information content (AvgIpc) is 3.34. The van der Waals surface area contributed by atoms with Gasteiger partial charge in [-0.2, -0.15) is 0 Å². The number of amides is 1. The number of para-hydroxylation sites is 1. The van der Waals surface area contributed by atoms with Crippen LogP contribution in [0, 0.1) is 11.8 Å². The molecule has 5 aromatic rings. The molecule has 0 spiro atoms. The van der Waals surface area contributed by atoms with Crippen LogP contribution in [0.4, 0.5) is 5.82 Å². The monoisotopic (exact) mass is 560 g/mol. The Morgan fingerprint density at radius 2 is 1.86 bits per heavy atom. The standard InChI is InChI=1S/C32H32N8O2/c1-22(35-31(41)28-29(33)36-39-16-8-14-34-30(28)39)26-21-24-10-6-9-23(11-7-15-38-19-17-37(2)18-20-38)27(24)32(42)40(26)25-12-4-3-5-13-25/h3-6,8-10,12-14,16,21-22H,15,17-20H2,1-2H3,(H2,33,36)(H,35,41). The highest BCUT2D eigenvalue weighted by atomic mass is 16.2. The molecule has 10 heteroatoms. The second kappa shape index (κ2) is 11.5. The maximum Gasteiger partial charge on any atom is 0.264 e. The number of nitrogens with zero attached hydrogens (tertiary/aromatic N) is 6. The second-order valence-corrected chi connectivity index (χ2v) is 10.5. The number of piperazine rings is 1. The van der Waals surface area contributed by atoms with Crippen molar-refractivity contribution in [3.05, 3.63) is 100 Å². The van der Waals surface area contributed by atoms with E-state index in [1.165, 1.54) is 4.52 Å². The molecule has 3 aromatic heterocycles. The van der Waals surface area contributed by atoms with E-state index < -0.39 is 11.9 Å². The highest BCUT2D eigenvalue weighted by Crippen LogP contribution is 2.24. The number of likely N-dealkylation sites (N-methyl/N-ethyl adjacent to an activating group) is 1. The molecule has 0 bridgehead atoms. The van der Waals surface area contributed by atoms with Crippen molar-refractivity contribution < 1.29 is 4.79 Å². The first-order valence-electron chi connectivity index (χ1n) is 13.9. The van der Waals surface area contributed by atoms with Gasteiger partial charge in [-0.1, -0.05) is 42.2 Å². The first-order chi connectivity index (χ1) is 20.4. The summed E-state index contributed by atoms with van der Waals surface area (Å²) in [6, 6.07) is 18.2. The lowest BCUT2D eigenvalue weighted by Crippen LogP contribution is -2.44. The maximum atomic E-state index is 14.2. The van der Waals surface area contributed by atoms with Crippen molar-refractivity contribution in [2.75, 3.05) is 45.5 Å². The van der Waals surface area contributed by atoms with E-state index >= 15 is 0 Å². The van der Waals surface area contributed by atoms with E-state index in [-0.39, 0.29) is 16.9 Å². The number of hydrogen-bond donors (Lipinski definition) is 2. The number of nitrogens with one attached hydrogen (secondary N) is 1. The van der Waals surface area contributed by atoms with Gasteiger partial charge < -0.3 is 16.0 Å². The van der Waals surface area contributed by atoms with E-state index in [9.17, 15) is 9.59 Å². The number of nitrogens with two attached hydrogens (primary N) is 1. The van der Waals surface area contributed by atoms with Crippen LogP contribution >= 0.6 is 0 Å². The number of nitrogen functional groups attached to an aromatic ring is 1. The zero-order valence-corrected chi connectivity index (χ0v) is 23.6. The number of hydrogen-bond acceptors (Lipinski definition) is 7. The molecular weight excluding hydrogens is 528 g/mol. The summed E-state index contributed by atoms with van der Waals surface area (Å²) in [5.74, 6) is 6.21. The number of fused-ring (bicyclic) bond motifs is 2. The number of carbonyl (C=O) groups is 1. The minimum atomic E-state index is -0.556. The average molecular weight is 561 g/mol. The molecule has 4 heterocycles. The molecule has 1 aliphatic heterocycles. The van der Waals surface area contributed by atoms with E-state index in [0.29, 0.717) is 34.5 Å². The number of aromatic nitrogens is 4. The van der Waals surface area contributed by atoms with Gasteiger partial charge in [0, 0.05) is 55.5 Å². The molecule has 1 unspecified atom stereocenters. The Morgan fingerprint density at radius 3 is 2.64 bits per heavy atom. The molecule has 212 valence electrons. The lowest BCUT2D eigenvalue weighted by molar-refractivity contribution is 0.0941. The zero-order valence-electron chi connectivity index (χ0n) is 23.6. The fraction of sp³-hybridized carbons (Fsp3) is 0.250. The van der Waals surface area contributed by atoms with Gasteiger partial charge in [0.1, 0.15) is 5.56 Å². The highest BCUT2D eigenvalue weighted by Gasteiger charge is 2.24. The Hall–Kier alpha value is -4.98. The number of carbonyl (C=O) groups excluding carboxylic acids is 1. The molecule has 1 atom stereocenters. The van der Waals surface area contributed by atoms with E-state index in [1.807, 2.05) is 61.5 Å². The van der Waals surface area contributed by atoms with Crippen molar-refractivity contribution in [1.82, 2.24) is 34.3 Å². The summed E-state index contributed by atoms with van der Waals surface area (Å²) in [4.78, 5) is 36.6. The number of benzene rings is 2. The lowest BCUT2D eigenvalue weighted by atomic mass is 10.0. The number of anilines is 1. The molecule has 6 rings (SSSR count). The van der Waals surface area contributed by atoms with Gasteiger partial charge in [0.25, 0.3) is 11.5 Å². The fourth-order valence-corrected chi connectivity index (χ4v) is 5.37. The van der Waals surface area contributed by atoms with Crippen LogP contribution in [0.25, 0.3) is 22.1 Å². The Labute approximate surface area is 243 Å². The molecule has 3 N–H and O–H groups in total. The van der Waals surface area contributed by atoms with Crippen LogP contribution in [0.2, 0.25) is 0 Å². The van der Waals surface area contributed by atoms with Crippen molar-refractivity contribution in [3.8, 4) is 17.5 Å². The maximum absolute atomic E-state index is 14.2. The summed E-state index contributed by atoms with van der Waals surface area (Å²) in [6.07, 6.45) is 3.26. The Morgan fingerprint density at radius 1 is 1.07 bits per heavy atom. The van der Waals surface area contributed by atoms with Crippen molar-refractivity contribution in [1.29, 1.82) is 0 Å². The largest absolute Gasteiger partial charge is 0.381 e. The first kappa shape index (κ1) is 27.2. The first-order valence-corrected chi connectivity index (χ1v) is 13.9. The quantitative estimate of drug-likeness (QED) is 0.318. The normalized spacial score (nSPS) is 14.9. The SMILES string of the molecule is CC(NC(=O)c1c(N)nn2cccnc12)c1cc2cccc(C#CCN3CCN(C)CC3)c2c(=O)n1-c1ccccc1. The molecule has 42 heavy (non-hydrogen) atoms. The minimum Gasteiger partial charge on any atom is -0.381 e. The van der Waals surface area contributed by atoms with Gasteiger partial charge in [0.15, 0.2) is 11.5 Å². The van der Waals surface area contributed by atoms with Crippen LogP contribution in [0.1, 0.15) is 34.6 Å². The third kappa shape index (κ3) is 5.23. The Balaban J connectivity index is 1.39. The predicted molar refractivity (Wildman–Crippen MR) is 164 cm³/mol. The summed E-state index contributed by atoms with van der Waals surface area (Å²) in [5, 5.41) is 8.52. The van der Waals surface area contributed by atoms with Crippen molar-refractivity contribution >= 4 is 28.1 Å². The van der Waals surface area contributed by atoms with E-state index in [4.69, 9.17) is 5.73 Å². The molecule has 1 saturated heterocycles. The van der Waals surface area contributed by atoms with Gasteiger partial charge in [-0.15, -0.1) is 5.10 Å². The van der Waals surface area contributed by atoms with Gasteiger partial charge in [0.2, 0.25) is 0 Å². The Kier molecular flexibility index (Phi) is 7.44. The number of rotatable bonds is 5. The van der Waals surface area contributed by atoms with Gasteiger partial charge in [-0.3, -0.25) is 19.1 Å². The van der Waals surface area contributed by atoms with Gasteiger partial charge in [0.05, 0.1) is 18.0 Å². The van der Waals surface area contributed by atoms with Crippen LogP contribution < -0.4 is 16.6 Å². The highest BCUT2D eigenvalue weighted by molar-refractivity contribution is 6.04. The topological polar surface area (TPSA) is 114 Å². The van der Waals surface area contributed by atoms with Crippen LogP contribution in [-0.2, 0) is 0 Å². The van der Waals surface area contributed by atoms with Gasteiger partial charge >= 0.3 is 0 Å². The van der Waals surface area contributed by atoms with Gasteiger partial charge in [-0.25, -0.2) is 9.50 Å². The summed E-state index contributed by atoms with van der Waals surface area (Å²) < 4.78 is 3.12. The second-order valence-electron chi connectivity index (χ2n) is 10.5. The van der Waals surface area contributed by atoms with Crippen LogP contribution in [0.3, 0.4) is 0 Å². The smallest absolute Gasteiger partial charge is 0.264 e. The van der Waals surface area contributed by atoms with Crippen LogP contribution in [-0.4, -0.2) is 74.6 Å². The number of pyridine rings is 1. The zero-order chi connectivity index (χ0) is 29.2. The molecule has 1 fully saturated rings. The van der Waals surface area contributed by atoms with Crippen molar-refractivity contribution in [2.24, 2.45) is 0 Å². The summed E-state index contributed by atoms with van der Waals surface area (Å²) in [6.45, 7) is 6.50. The van der Waals surface area contributed by atoms with Crippen LogP contribution in [0.15, 0.2) is 77.9 Å². The Bertz CT molecular complexity index is 1890. The lowest BCUT2D eigenvalue weighted by Gasteiger charge is -2.30. The van der Waals surface area contributed by atoms with Gasteiger partial charge in [-0.05, 0) is 49.7 Å². The van der Waals surface area contributed by atoms with E-state index in [0.717, 1.165) is 31.6 Å². The third-order valence-electron chi connectivity index (χ3n) is 7.65. The summed E-state index contributed by atoms with van der Waals surface area (Å²) in [5.41, 5.74) is 8.44. The molecule has 10 nitrogen and oxygen atoms in total. The summed E-state index contributed by atoms with van der Waals surface area (Å²) in [7, 11) is 2.13. The van der Waals surface area contributed by atoms with Crippen molar-refractivity contribution in [2.45, 2.75) is 13.0 Å². The molecule has 1 amide bonds. The molecule has 0 saturated carbocycles. The molecule has 0 radical (unpaired) electrons.